The van der Waals surface area contributed by atoms with Gasteiger partial charge in [0, 0.05) is 5.69 Å². The van der Waals surface area contributed by atoms with E-state index in [0.717, 1.165) is 30.8 Å². The SMILES string of the molecule is CN(C)CCCc1ccc(N)cn1. The lowest BCUT2D eigenvalue weighted by Crippen LogP contribution is -2.13. The van der Waals surface area contributed by atoms with Gasteiger partial charge >= 0.3 is 0 Å². The third-order valence-electron chi connectivity index (χ3n) is 1.89. The number of hydrogen-bond donors (Lipinski definition) is 1. The Kier molecular flexibility index (Phi) is 3.71. The smallest absolute Gasteiger partial charge is 0.0501 e. The Bertz CT molecular complexity index is 241. The molecule has 0 amide bonds. The zero-order valence-corrected chi connectivity index (χ0v) is 8.33. The Labute approximate surface area is 79.6 Å². The second-order valence-corrected chi connectivity index (χ2v) is 3.49. The molecule has 3 nitrogen and oxygen atoms in total. The molecule has 1 rings (SSSR count). The first kappa shape index (κ1) is 9.99. The number of hydrogen-bond acceptors (Lipinski definition) is 3. The molecule has 0 spiro atoms. The number of aryl methyl sites for hydroxylation is 1. The maximum absolute atomic E-state index is 5.53. The predicted molar refractivity (Wildman–Crippen MR) is 55.5 cm³/mol. The second-order valence-electron chi connectivity index (χ2n) is 3.49. The number of pyridine rings is 1. The molecular formula is C10H17N3. The molecule has 1 aromatic rings. The Morgan fingerprint density at radius 2 is 2.15 bits per heavy atom. The molecule has 72 valence electrons. The maximum atomic E-state index is 5.53. The largest absolute Gasteiger partial charge is 0.397 e. The quantitative estimate of drug-likeness (QED) is 0.754. The molecule has 13 heavy (non-hydrogen) atoms. The predicted octanol–water partition coefficient (Wildman–Crippen LogP) is 1.16. The van der Waals surface area contributed by atoms with Gasteiger partial charge in [-0.25, -0.2) is 0 Å². The lowest BCUT2D eigenvalue weighted by Gasteiger charge is -2.08. The number of rotatable bonds is 4. The van der Waals surface area contributed by atoms with E-state index in [1.54, 1.807) is 6.20 Å². The third kappa shape index (κ3) is 3.90. The van der Waals surface area contributed by atoms with Gasteiger partial charge in [-0.15, -0.1) is 0 Å². The van der Waals surface area contributed by atoms with E-state index < -0.39 is 0 Å². The van der Waals surface area contributed by atoms with Crippen LogP contribution >= 0.6 is 0 Å². The molecule has 0 aliphatic heterocycles. The fourth-order valence-electron chi connectivity index (χ4n) is 1.16. The molecule has 3 heteroatoms. The summed E-state index contributed by atoms with van der Waals surface area (Å²) < 4.78 is 0. The van der Waals surface area contributed by atoms with Crippen LogP contribution in [0.4, 0.5) is 5.69 Å². The van der Waals surface area contributed by atoms with Crippen molar-refractivity contribution < 1.29 is 0 Å². The Morgan fingerprint density at radius 1 is 1.38 bits per heavy atom. The van der Waals surface area contributed by atoms with Gasteiger partial charge in [-0.3, -0.25) is 4.98 Å². The molecule has 1 heterocycles. The summed E-state index contributed by atoms with van der Waals surface area (Å²) in [6, 6.07) is 3.89. The molecule has 0 saturated carbocycles. The van der Waals surface area contributed by atoms with Crippen LogP contribution in [0.2, 0.25) is 0 Å². The van der Waals surface area contributed by atoms with Crippen molar-refractivity contribution in [2.45, 2.75) is 12.8 Å². The van der Waals surface area contributed by atoms with Crippen molar-refractivity contribution in [2.24, 2.45) is 0 Å². The van der Waals surface area contributed by atoms with E-state index in [2.05, 4.69) is 24.0 Å². The van der Waals surface area contributed by atoms with Gasteiger partial charge in [-0.1, -0.05) is 0 Å². The van der Waals surface area contributed by atoms with Gasteiger partial charge in [-0.2, -0.15) is 0 Å². The minimum Gasteiger partial charge on any atom is -0.397 e. The fourth-order valence-corrected chi connectivity index (χ4v) is 1.16. The Balaban J connectivity index is 2.33. The summed E-state index contributed by atoms with van der Waals surface area (Å²) in [6.07, 6.45) is 3.88. The molecular weight excluding hydrogens is 162 g/mol. The molecule has 0 aromatic carbocycles. The van der Waals surface area contributed by atoms with E-state index >= 15 is 0 Å². The van der Waals surface area contributed by atoms with Gasteiger partial charge in [0.2, 0.25) is 0 Å². The third-order valence-corrected chi connectivity index (χ3v) is 1.89. The topological polar surface area (TPSA) is 42.1 Å². The van der Waals surface area contributed by atoms with Crippen molar-refractivity contribution in [3.8, 4) is 0 Å². The van der Waals surface area contributed by atoms with Crippen molar-refractivity contribution >= 4 is 5.69 Å². The minimum absolute atomic E-state index is 0.733. The standard InChI is InChI=1S/C10H17N3/c1-13(2)7-3-4-10-6-5-9(11)8-12-10/h5-6,8H,3-4,7,11H2,1-2H3. The van der Waals surface area contributed by atoms with Crippen LogP contribution in [-0.4, -0.2) is 30.5 Å². The van der Waals surface area contributed by atoms with E-state index in [1.807, 2.05) is 12.1 Å². The lowest BCUT2D eigenvalue weighted by molar-refractivity contribution is 0.399. The summed E-state index contributed by atoms with van der Waals surface area (Å²) in [5.41, 5.74) is 7.39. The maximum Gasteiger partial charge on any atom is 0.0501 e. The summed E-state index contributed by atoms with van der Waals surface area (Å²) in [5, 5.41) is 0. The average molecular weight is 179 g/mol. The summed E-state index contributed by atoms with van der Waals surface area (Å²) in [5.74, 6) is 0. The second kappa shape index (κ2) is 4.82. The van der Waals surface area contributed by atoms with Crippen LogP contribution in [0.5, 0.6) is 0 Å². The number of anilines is 1. The fraction of sp³-hybridized carbons (Fsp3) is 0.500. The molecule has 0 bridgehead atoms. The molecule has 1 aromatic heterocycles. The summed E-state index contributed by atoms with van der Waals surface area (Å²) in [4.78, 5) is 6.41. The van der Waals surface area contributed by atoms with E-state index in [4.69, 9.17) is 5.73 Å². The minimum atomic E-state index is 0.733. The lowest BCUT2D eigenvalue weighted by atomic mass is 10.2. The van der Waals surface area contributed by atoms with E-state index in [9.17, 15) is 0 Å². The van der Waals surface area contributed by atoms with Crippen LogP contribution in [0.15, 0.2) is 18.3 Å². The molecule has 0 unspecified atom stereocenters. The highest BCUT2D eigenvalue weighted by molar-refractivity contribution is 5.34. The molecule has 0 saturated heterocycles. The van der Waals surface area contributed by atoms with Crippen LogP contribution < -0.4 is 5.73 Å². The van der Waals surface area contributed by atoms with Crippen molar-refractivity contribution in [1.29, 1.82) is 0 Å². The van der Waals surface area contributed by atoms with E-state index in [1.165, 1.54) is 0 Å². The number of nitrogens with zero attached hydrogens (tertiary/aromatic N) is 2. The normalized spacial score (nSPS) is 10.7. The zero-order valence-electron chi connectivity index (χ0n) is 8.33. The Morgan fingerprint density at radius 3 is 2.69 bits per heavy atom. The molecule has 0 radical (unpaired) electrons. The van der Waals surface area contributed by atoms with Crippen molar-refractivity contribution in [1.82, 2.24) is 9.88 Å². The Hall–Kier alpha value is -1.09. The van der Waals surface area contributed by atoms with Gasteiger partial charge < -0.3 is 10.6 Å². The van der Waals surface area contributed by atoms with E-state index in [0.29, 0.717) is 0 Å². The molecule has 2 N–H and O–H groups in total. The monoisotopic (exact) mass is 179 g/mol. The first-order chi connectivity index (χ1) is 6.18. The van der Waals surface area contributed by atoms with Crippen molar-refractivity contribution in [2.75, 3.05) is 26.4 Å². The van der Waals surface area contributed by atoms with Crippen LogP contribution in [0, 0.1) is 0 Å². The van der Waals surface area contributed by atoms with Gasteiger partial charge in [0.15, 0.2) is 0 Å². The highest BCUT2D eigenvalue weighted by Gasteiger charge is 1.95. The number of nitrogens with two attached hydrogens (primary N) is 1. The van der Waals surface area contributed by atoms with Crippen molar-refractivity contribution in [3.63, 3.8) is 0 Å². The van der Waals surface area contributed by atoms with Gasteiger partial charge in [-0.05, 0) is 45.6 Å². The number of nitrogen functional groups attached to an aromatic ring is 1. The van der Waals surface area contributed by atoms with Crippen LogP contribution in [-0.2, 0) is 6.42 Å². The number of aromatic nitrogens is 1. The summed E-state index contributed by atoms with van der Waals surface area (Å²) >= 11 is 0. The van der Waals surface area contributed by atoms with Gasteiger partial charge in [0.25, 0.3) is 0 Å². The van der Waals surface area contributed by atoms with Gasteiger partial charge in [0.1, 0.15) is 0 Å². The van der Waals surface area contributed by atoms with Crippen LogP contribution in [0.3, 0.4) is 0 Å². The summed E-state index contributed by atoms with van der Waals surface area (Å²) in [7, 11) is 4.16. The highest BCUT2D eigenvalue weighted by atomic mass is 15.0. The average Bonchev–Trinajstić information content (AvgIpc) is 2.08. The van der Waals surface area contributed by atoms with Crippen molar-refractivity contribution in [3.05, 3.63) is 24.0 Å². The molecule has 0 atom stereocenters. The molecule has 0 aliphatic carbocycles. The van der Waals surface area contributed by atoms with Crippen LogP contribution in [0.1, 0.15) is 12.1 Å². The first-order valence-electron chi connectivity index (χ1n) is 4.53. The zero-order chi connectivity index (χ0) is 9.68. The van der Waals surface area contributed by atoms with Gasteiger partial charge in [0.05, 0.1) is 11.9 Å². The molecule has 0 fully saturated rings. The van der Waals surface area contributed by atoms with Crippen LogP contribution in [0.25, 0.3) is 0 Å². The highest BCUT2D eigenvalue weighted by Crippen LogP contribution is 2.03. The first-order valence-corrected chi connectivity index (χ1v) is 4.53. The summed E-state index contributed by atoms with van der Waals surface area (Å²) in [6.45, 7) is 1.10. The van der Waals surface area contributed by atoms with E-state index in [-0.39, 0.29) is 0 Å². The molecule has 0 aliphatic rings.